The van der Waals surface area contributed by atoms with Crippen molar-refractivity contribution in [3.05, 3.63) is 71.1 Å². The molecule has 37 heavy (non-hydrogen) atoms. The Kier molecular flexibility index (Phi) is 6.79. The van der Waals surface area contributed by atoms with Gasteiger partial charge in [-0.2, -0.15) is 23.3 Å². The highest BCUT2D eigenvalue weighted by atomic mass is 19.4. The first-order chi connectivity index (χ1) is 17.5. The molecular formula is C24H20F4N6O3. The van der Waals surface area contributed by atoms with Gasteiger partial charge in [0.1, 0.15) is 11.4 Å². The van der Waals surface area contributed by atoms with E-state index in [4.69, 9.17) is 9.47 Å². The van der Waals surface area contributed by atoms with Crippen LogP contribution < -0.4 is 10.1 Å². The van der Waals surface area contributed by atoms with Crippen LogP contribution in [-0.4, -0.2) is 44.9 Å². The monoisotopic (exact) mass is 516 g/mol. The number of carbonyl (C=O) groups is 1. The molecular weight excluding hydrogens is 496 g/mol. The minimum Gasteiger partial charge on any atom is -0.480 e. The van der Waals surface area contributed by atoms with Crippen LogP contribution >= 0.6 is 0 Å². The number of nitrogens with zero attached hydrogens (tertiary/aromatic N) is 5. The van der Waals surface area contributed by atoms with Crippen molar-refractivity contribution in [2.45, 2.75) is 20.0 Å². The highest BCUT2D eigenvalue weighted by molar-refractivity contribution is 5.93. The third kappa shape index (κ3) is 5.34. The Morgan fingerprint density at radius 3 is 2.41 bits per heavy atom. The first-order valence-electron chi connectivity index (χ1n) is 10.7. The smallest absolute Gasteiger partial charge is 0.435 e. The predicted octanol–water partition coefficient (Wildman–Crippen LogP) is 5.04. The number of esters is 1. The Bertz CT molecular complexity index is 1470. The van der Waals surface area contributed by atoms with Crippen LogP contribution in [-0.2, 0) is 10.9 Å². The molecule has 13 heteroatoms. The molecule has 0 saturated carbocycles. The number of alkyl halides is 3. The van der Waals surface area contributed by atoms with E-state index in [0.29, 0.717) is 11.3 Å². The lowest BCUT2D eigenvalue weighted by Gasteiger charge is -2.14. The van der Waals surface area contributed by atoms with E-state index < -0.39 is 23.7 Å². The minimum atomic E-state index is -4.69. The van der Waals surface area contributed by atoms with Gasteiger partial charge >= 0.3 is 12.1 Å². The van der Waals surface area contributed by atoms with Gasteiger partial charge < -0.3 is 14.8 Å². The summed E-state index contributed by atoms with van der Waals surface area (Å²) in [7, 11) is 2.51. The molecule has 0 fully saturated rings. The van der Waals surface area contributed by atoms with Crippen LogP contribution in [0.2, 0.25) is 0 Å². The normalized spacial score (nSPS) is 11.4. The molecule has 0 aliphatic carbocycles. The van der Waals surface area contributed by atoms with Gasteiger partial charge in [0.2, 0.25) is 11.8 Å². The molecule has 192 valence electrons. The fourth-order valence-corrected chi connectivity index (χ4v) is 3.58. The predicted molar refractivity (Wildman–Crippen MR) is 124 cm³/mol. The summed E-state index contributed by atoms with van der Waals surface area (Å²) in [4.78, 5) is 25.0. The zero-order valence-electron chi connectivity index (χ0n) is 20.0. The highest BCUT2D eigenvalue weighted by Gasteiger charge is 2.35. The van der Waals surface area contributed by atoms with E-state index in [1.807, 2.05) is 0 Å². The highest BCUT2D eigenvalue weighted by Crippen LogP contribution is 2.33. The van der Waals surface area contributed by atoms with Gasteiger partial charge in [0.15, 0.2) is 11.5 Å². The molecule has 0 amide bonds. The first-order valence-corrected chi connectivity index (χ1v) is 10.7. The van der Waals surface area contributed by atoms with Crippen LogP contribution in [0.4, 0.5) is 29.2 Å². The van der Waals surface area contributed by atoms with Gasteiger partial charge in [-0.3, -0.25) is 0 Å². The maximum atomic E-state index is 13.9. The molecule has 0 saturated heterocycles. The SMILES string of the molecule is COC(=O)c1cc(-c2cnc(Nc3cc(C)cc(F)c3)nc2-n2nc(C(F)(F)F)cc2C)cnc1OC. The van der Waals surface area contributed by atoms with Crippen LogP contribution in [0.15, 0.2) is 42.7 Å². The lowest BCUT2D eigenvalue weighted by Crippen LogP contribution is -2.11. The second-order valence-corrected chi connectivity index (χ2v) is 7.93. The Hall–Kier alpha value is -4.55. The van der Waals surface area contributed by atoms with E-state index in [-0.39, 0.29) is 40.0 Å². The first kappa shape index (κ1) is 25.5. The molecule has 1 N–H and O–H groups in total. The lowest BCUT2D eigenvalue weighted by atomic mass is 10.1. The molecule has 3 aromatic heterocycles. The molecule has 0 aliphatic heterocycles. The van der Waals surface area contributed by atoms with Crippen molar-refractivity contribution in [3.63, 3.8) is 0 Å². The van der Waals surface area contributed by atoms with E-state index in [0.717, 1.165) is 10.7 Å². The fraction of sp³-hybridized carbons (Fsp3) is 0.208. The van der Waals surface area contributed by atoms with Gasteiger partial charge in [-0.15, -0.1) is 0 Å². The summed E-state index contributed by atoms with van der Waals surface area (Å²) >= 11 is 0. The summed E-state index contributed by atoms with van der Waals surface area (Å²) in [6.45, 7) is 3.13. The van der Waals surface area contributed by atoms with E-state index >= 15 is 0 Å². The van der Waals surface area contributed by atoms with Gasteiger partial charge in [-0.1, -0.05) is 0 Å². The number of benzene rings is 1. The number of nitrogens with one attached hydrogen (secondary N) is 1. The summed E-state index contributed by atoms with van der Waals surface area (Å²) in [5.41, 5.74) is 0.468. The number of rotatable bonds is 6. The molecule has 9 nitrogen and oxygen atoms in total. The van der Waals surface area contributed by atoms with Gasteiger partial charge in [-0.25, -0.2) is 23.8 Å². The average Bonchev–Trinajstić information content (AvgIpc) is 3.24. The quantitative estimate of drug-likeness (QED) is 0.281. The number of hydrogen-bond donors (Lipinski definition) is 1. The van der Waals surface area contributed by atoms with E-state index in [2.05, 4.69) is 25.4 Å². The Morgan fingerprint density at radius 1 is 1.03 bits per heavy atom. The van der Waals surface area contributed by atoms with Gasteiger partial charge in [0.05, 0.1) is 14.2 Å². The Morgan fingerprint density at radius 2 is 1.78 bits per heavy atom. The molecule has 0 radical (unpaired) electrons. The van der Waals surface area contributed by atoms with E-state index in [1.54, 1.807) is 13.0 Å². The average molecular weight is 516 g/mol. The molecule has 0 spiro atoms. The van der Waals surface area contributed by atoms with E-state index in [1.165, 1.54) is 51.7 Å². The van der Waals surface area contributed by atoms with Crippen LogP contribution in [0, 0.1) is 19.7 Å². The maximum absolute atomic E-state index is 13.9. The second kappa shape index (κ2) is 9.84. The van der Waals surface area contributed by atoms with Crippen molar-refractivity contribution in [3.8, 4) is 22.8 Å². The number of pyridine rings is 1. The number of aryl methyl sites for hydroxylation is 2. The number of methoxy groups -OCH3 is 2. The van der Waals surface area contributed by atoms with Crippen LogP contribution in [0.25, 0.3) is 16.9 Å². The molecule has 0 unspecified atom stereocenters. The number of anilines is 2. The van der Waals surface area contributed by atoms with Crippen molar-refractivity contribution < 1.29 is 31.8 Å². The van der Waals surface area contributed by atoms with Gasteiger partial charge in [-0.05, 0) is 49.7 Å². The van der Waals surface area contributed by atoms with Crippen molar-refractivity contribution in [2.75, 3.05) is 19.5 Å². The summed E-state index contributed by atoms with van der Waals surface area (Å²) < 4.78 is 64.9. The van der Waals surface area contributed by atoms with Crippen LogP contribution in [0.3, 0.4) is 0 Å². The minimum absolute atomic E-state index is 0.00698. The Balaban J connectivity index is 1.90. The molecule has 0 aliphatic rings. The zero-order chi connectivity index (χ0) is 26.9. The number of carbonyl (C=O) groups excluding carboxylic acids is 1. The standard InChI is InChI=1S/C24H20F4N6O3/c1-12-5-15(25)9-16(6-12)31-23-30-11-18(14-8-17(22(35)37-4)21(36-3)29-10-14)20(32-23)34-13(2)7-19(33-34)24(26,27)28/h5-11H,1-4H3,(H,30,31,32). The van der Waals surface area contributed by atoms with E-state index in [9.17, 15) is 22.4 Å². The molecule has 1 aromatic carbocycles. The third-order valence-corrected chi connectivity index (χ3v) is 5.21. The third-order valence-electron chi connectivity index (χ3n) is 5.21. The summed E-state index contributed by atoms with van der Waals surface area (Å²) in [5, 5.41) is 6.55. The largest absolute Gasteiger partial charge is 0.480 e. The number of halogens is 4. The Labute approximate surface area is 208 Å². The van der Waals surface area contributed by atoms with Crippen LogP contribution in [0.1, 0.15) is 27.3 Å². The zero-order valence-corrected chi connectivity index (χ0v) is 20.0. The van der Waals surface area contributed by atoms with Crippen molar-refractivity contribution >= 4 is 17.6 Å². The van der Waals surface area contributed by atoms with Gasteiger partial charge in [0, 0.05) is 34.9 Å². The maximum Gasteiger partial charge on any atom is 0.435 e. The van der Waals surface area contributed by atoms with Gasteiger partial charge in [0.25, 0.3) is 0 Å². The van der Waals surface area contributed by atoms with Crippen molar-refractivity contribution in [2.24, 2.45) is 0 Å². The number of ether oxygens (including phenoxy) is 2. The molecule has 4 rings (SSSR count). The number of aromatic nitrogens is 5. The molecule has 4 aromatic rings. The van der Waals surface area contributed by atoms with Crippen molar-refractivity contribution in [1.82, 2.24) is 24.7 Å². The van der Waals surface area contributed by atoms with Crippen LogP contribution in [0.5, 0.6) is 5.88 Å². The topological polar surface area (TPSA) is 104 Å². The second-order valence-electron chi connectivity index (χ2n) is 7.93. The molecule has 0 atom stereocenters. The molecule has 3 heterocycles. The summed E-state index contributed by atoms with van der Waals surface area (Å²) in [6.07, 6.45) is -2.02. The molecule has 0 bridgehead atoms. The van der Waals surface area contributed by atoms with Crippen molar-refractivity contribution in [1.29, 1.82) is 0 Å². The fourth-order valence-electron chi connectivity index (χ4n) is 3.58. The summed E-state index contributed by atoms with van der Waals surface area (Å²) in [6, 6.07) is 6.48. The number of hydrogen-bond acceptors (Lipinski definition) is 8. The lowest BCUT2D eigenvalue weighted by molar-refractivity contribution is -0.141. The summed E-state index contributed by atoms with van der Waals surface area (Å²) in [5.74, 6) is -1.30.